The predicted molar refractivity (Wildman–Crippen MR) is 66.3 cm³/mol. The van der Waals surface area contributed by atoms with E-state index in [1.807, 2.05) is 24.3 Å². The van der Waals surface area contributed by atoms with Crippen molar-refractivity contribution in [2.45, 2.75) is 19.3 Å². The molecule has 0 amide bonds. The zero-order valence-corrected chi connectivity index (χ0v) is 10.1. The summed E-state index contributed by atoms with van der Waals surface area (Å²) in [5.74, 6) is 0.839. The Labute approximate surface area is 105 Å². The molecular weight excluding hydrogens is 230 g/mol. The van der Waals surface area contributed by atoms with Crippen molar-refractivity contribution < 1.29 is 13.9 Å². The monoisotopic (exact) mass is 245 g/mol. The van der Waals surface area contributed by atoms with Crippen LogP contribution < -0.4 is 0 Å². The van der Waals surface area contributed by atoms with Crippen LogP contribution in [0.4, 0.5) is 0 Å². The van der Waals surface area contributed by atoms with E-state index in [1.54, 1.807) is 0 Å². The van der Waals surface area contributed by atoms with Crippen molar-refractivity contribution in [1.82, 2.24) is 4.98 Å². The Morgan fingerprint density at radius 1 is 1.28 bits per heavy atom. The Balaban J connectivity index is 1.73. The third kappa shape index (κ3) is 2.29. The van der Waals surface area contributed by atoms with E-state index in [9.17, 15) is 4.79 Å². The van der Waals surface area contributed by atoms with Crippen LogP contribution in [0.15, 0.2) is 28.7 Å². The lowest BCUT2D eigenvalue weighted by molar-refractivity contribution is -0.125. The molecule has 0 aliphatic carbocycles. The molecule has 1 aromatic carbocycles. The fraction of sp³-hybridized carbons (Fsp3) is 0.429. The number of aromatic nitrogens is 1. The highest BCUT2D eigenvalue weighted by Crippen LogP contribution is 2.20. The van der Waals surface area contributed by atoms with Gasteiger partial charge in [-0.1, -0.05) is 12.1 Å². The highest BCUT2D eigenvalue weighted by atomic mass is 16.5. The molecule has 1 aliphatic heterocycles. The van der Waals surface area contributed by atoms with Crippen LogP contribution in [0.5, 0.6) is 0 Å². The molecule has 0 spiro atoms. The van der Waals surface area contributed by atoms with Crippen LogP contribution in [0.25, 0.3) is 11.1 Å². The van der Waals surface area contributed by atoms with Gasteiger partial charge in [-0.05, 0) is 25.0 Å². The third-order valence-corrected chi connectivity index (χ3v) is 3.34. The van der Waals surface area contributed by atoms with Crippen LogP contribution in [0.2, 0.25) is 0 Å². The number of ketones is 1. The number of hydrogen-bond acceptors (Lipinski definition) is 4. The molecule has 0 N–H and O–H groups in total. The van der Waals surface area contributed by atoms with Gasteiger partial charge in [0, 0.05) is 19.1 Å². The zero-order chi connectivity index (χ0) is 12.4. The van der Waals surface area contributed by atoms with Crippen molar-refractivity contribution in [2.75, 3.05) is 13.2 Å². The van der Waals surface area contributed by atoms with Gasteiger partial charge in [0.1, 0.15) is 11.3 Å². The number of ether oxygens (including phenoxy) is 1. The molecule has 1 saturated heterocycles. The van der Waals surface area contributed by atoms with Gasteiger partial charge < -0.3 is 9.15 Å². The number of Topliss-reactive ketones (excluding diaryl/α,β-unsaturated/α-hetero) is 1. The van der Waals surface area contributed by atoms with Crippen molar-refractivity contribution >= 4 is 16.9 Å². The molecule has 1 aromatic heterocycles. The van der Waals surface area contributed by atoms with Crippen LogP contribution in [-0.4, -0.2) is 24.0 Å². The van der Waals surface area contributed by atoms with E-state index in [-0.39, 0.29) is 11.7 Å². The molecule has 0 atom stereocenters. The van der Waals surface area contributed by atoms with E-state index in [0.29, 0.717) is 25.5 Å². The molecule has 0 radical (unpaired) electrons. The highest BCUT2D eigenvalue weighted by molar-refractivity contribution is 5.83. The van der Waals surface area contributed by atoms with Crippen molar-refractivity contribution in [3.8, 4) is 0 Å². The van der Waals surface area contributed by atoms with Crippen LogP contribution >= 0.6 is 0 Å². The number of fused-ring (bicyclic) bond motifs is 1. The van der Waals surface area contributed by atoms with E-state index in [1.165, 1.54) is 0 Å². The average molecular weight is 245 g/mol. The summed E-state index contributed by atoms with van der Waals surface area (Å²) in [6.07, 6.45) is 1.93. The van der Waals surface area contributed by atoms with Gasteiger partial charge in [0.15, 0.2) is 5.58 Å². The summed E-state index contributed by atoms with van der Waals surface area (Å²) in [7, 11) is 0. The largest absolute Gasteiger partial charge is 0.440 e. The summed E-state index contributed by atoms with van der Waals surface area (Å²) >= 11 is 0. The average Bonchev–Trinajstić information content (AvgIpc) is 2.82. The maximum absolute atomic E-state index is 12.1. The first-order valence-electron chi connectivity index (χ1n) is 6.28. The number of nitrogens with zero attached hydrogens (tertiary/aromatic N) is 1. The second-order valence-corrected chi connectivity index (χ2v) is 4.61. The summed E-state index contributed by atoms with van der Waals surface area (Å²) in [5, 5.41) is 0. The predicted octanol–water partition coefficient (Wildman–Crippen LogP) is 2.37. The lowest BCUT2D eigenvalue weighted by Crippen LogP contribution is -2.24. The number of rotatable bonds is 3. The third-order valence-electron chi connectivity index (χ3n) is 3.34. The van der Waals surface area contributed by atoms with Crippen molar-refractivity contribution in [1.29, 1.82) is 0 Å². The highest BCUT2D eigenvalue weighted by Gasteiger charge is 2.23. The summed E-state index contributed by atoms with van der Waals surface area (Å²) in [4.78, 5) is 16.4. The minimum absolute atomic E-state index is 0.105. The van der Waals surface area contributed by atoms with Crippen LogP contribution in [0, 0.1) is 5.92 Å². The Kier molecular flexibility index (Phi) is 3.11. The number of hydrogen-bond donors (Lipinski definition) is 0. The minimum atomic E-state index is 0.105. The van der Waals surface area contributed by atoms with Crippen LogP contribution in [0.3, 0.4) is 0 Å². The van der Waals surface area contributed by atoms with E-state index in [2.05, 4.69) is 4.98 Å². The molecule has 18 heavy (non-hydrogen) atoms. The standard InChI is InChI=1S/C14H15NO3/c16-12(10-5-7-17-8-6-10)9-14-15-11-3-1-2-4-13(11)18-14/h1-4,10H,5-9H2. The molecule has 2 aromatic rings. The summed E-state index contributed by atoms with van der Waals surface area (Å²) in [6, 6.07) is 7.57. The van der Waals surface area contributed by atoms with Gasteiger partial charge in [0.25, 0.3) is 0 Å². The first kappa shape index (κ1) is 11.4. The molecule has 0 saturated carbocycles. The van der Waals surface area contributed by atoms with E-state index in [4.69, 9.17) is 9.15 Å². The topological polar surface area (TPSA) is 52.3 Å². The zero-order valence-electron chi connectivity index (χ0n) is 10.1. The molecule has 4 nitrogen and oxygen atoms in total. The normalized spacial score (nSPS) is 17.1. The molecule has 1 aliphatic rings. The number of para-hydroxylation sites is 2. The quantitative estimate of drug-likeness (QED) is 0.833. The second-order valence-electron chi connectivity index (χ2n) is 4.61. The number of carbonyl (C=O) groups is 1. The fourth-order valence-electron chi connectivity index (χ4n) is 2.31. The number of benzene rings is 1. The van der Waals surface area contributed by atoms with Gasteiger partial charge in [0.2, 0.25) is 5.89 Å². The van der Waals surface area contributed by atoms with Gasteiger partial charge >= 0.3 is 0 Å². The van der Waals surface area contributed by atoms with Crippen LogP contribution in [0.1, 0.15) is 18.7 Å². The van der Waals surface area contributed by atoms with Crippen LogP contribution in [-0.2, 0) is 16.0 Å². The molecule has 2 heterocycles. The Morgan fingerprint density at radius 3 is 2.83 bits per heavy atom. The molecule has 94 valence electrons. The molecule has 3 rings (SSSR count). The number of oxazole rings is 1. The lowest BCUT2D eigenvalue weighted by Gasteiger charge is -2.19. The SMILES string of the molecule is O=C(Cc1nc2ccccc2o1)C1CCOCC1. The minimum Gasteiger partial charge on any atom is -0.440 e. The Bertz CT molecular complexity index is 522. The van der Waals surface area contributed by atoms with E-state index >= 15 is 0 Å². The summed E-state index contributed by atoms with van der Waals surface area (Å²) in [6.45, 7) is 1.37. The molecule has 1 fully saturated rings. The van der Waals surface area contributed by atoms with Gasteiger partial charge in [-0.15, -0.1) is 0 Å². The van der Waals surface area contributed by atoms with Crippen molar-refractivity contribution in [3.63, 3.8) is 0 Å². The first-order chi connectivity index (χ1) is 8.83. The van der Waals surface area contributed by atoms with Gasteiger partial charge in [-0.25, -0.2) is 4.98 Å². The lowest BCUT2D eigenvalue weighted by atomic mass is 9.93. The summed E-state index contributed by atoms with van der Waals surface area (Å²) < 4.78 is 10.8. The van der Waals surface area contributed by atoms with Gasteiger partial charge in [-0.3, -0.25) is 4.79 Å². The van der Waals surface area contributed by atoms with Crippen molar-refractivity contribution in [3.05, 3.63) is 30.2 Å². The maximum Gasteiger partial charge on any atom is 0.202 e. The second kappa shape index (κ2) is 4.90. The summed E-state index contributed by atoms with van der Waals surface area (Å²) in [5.41, 5.74) is 1.56. The van der Waals surface area contributed by atoms with Gasteiger partial charge in [-0.2, -0.15) is 0 Å². The molecule has 0 unspecified atom stereocenters. The Hall–Kier alpha value is -1.68. The van der Waals surface area contributed by atoms with Gasteiger partial charge in [0.05, 0.1) is 6.42 Å². The maximum atomic E-state index is 12.1. The van der Waals surface area contributed by atoms with E-state index < -0.39 is 0 Å². The molecular formula is C14H15NO3. The number of carbonyl (C=O) groups excluding carboxylic acids is 1. The van der Waals surface area contributed by atoms with E-state index in [0.717, 1.165) is 23.9 Å². The van der Waals surface area contributed by atoms with Crippen molar-refractivity contribution in [2.24, 2.45) is 5.92 Å². The molecule has 4 heteroatoms. The molecule has 0 bridgehead atoms. The fourth-order valence-corrected chi connectivity index (χ4v) is 2.31. The Morgan fingerprint density at radius 2 is 2.06 bits per heavy atom. The smallest absolute Gasteiger partial charge is 0.202 e. The first-order valence-corrected chi connectivity index (χ1v) is 6.28.